The topological polar surface area (TPSA) is 306 Å². The molecule has 4 amide bonds. The molecule has 10 N–H and O–H groups in total. The number of hydrogen-bond acceptors (Lipinski definition) is 16. The third-order valence-corrected chi connectivity index (χ3v) is 10.7. The van der Waals surface area contributed by atoms with Crippen LogP contribution in [-0.2, 0) is 38.4 Å². The van der Waals surface area contributed by atoms with E-state index in [9.17, 15) is 38.7 Å². The molecule has 4 atom stereocenters. The van der Waals surface area contributed by atoms with Crippen LogP contribution in [0.3, 0.4) is 0 Å². The summed E-state index contributed by atoms with van der Waals surface area (Å²) in [6.07, 6.45) is -0.494. The van der Waals surface area contributed by atoms with Crippen molar-refractivity contribution >= 4 is 97.1 Å². The second kappa shape index (κ2) is 17.2. The Morgan fingerprint density at radius 3 is 2.53 bits per heavy atom. The van der Waals surface area contributed by atoms with Crippen LogP contribution >= 0.6 is 44.7 Å². The van der Waals surface area contributed by atoms with Gasteiger partial charge in [-0.3, -0.25) is 33.7 Å². The Hall–Kier alpha value is -4.06. The Kier molecular flexibility index (Phi) is 13.7. The van der Waals surface area contributed by atoms with Gasteiger partial charge in [0.25, 0.3) is 11.8 Å². The quantitative estimate of drug-likeness (QED) is 0.0268. The van der Waals surface area contributed by atoms with Crippen LogP contribution in [0.5, 0.6) is 0 Å². The number of carboxylic acids is 3. The first-order chi connectivity index (χ1) is 22.2. The number of nitrogens with one attached hydrogen (secondary N) is 3. The Bertz CT molecular complexity index is 1490. The molecular weight excluding hydrogens is 705 g/mol. The normalized spacial score (nSPS) is 18.7. The number of nitrogens with two attached hydrogens (primary N) is 2. The average Bonchev–Trinajstić information content (AvgIpc) is 3.46. The standard InChI is InChI=1S/C24H30N8O11S4/c1-43-31-15(11-7-45-24(26)29-11)19(37)30-16-20(38)32-17(23(41)42)9(5-44-21(16)32)6-46-47-8-12(18(36)27-4-14(34)35)28-13(33)3-2-10(25)22(39)40/h7,10,12,16,21H,2-6,8,25H2,1H3,(H2,26,29)(H,27,36)(H,28,33)(H,30,37)(H,34,35)(H,39,40)(H,41,42)/b31-15-/t10-,12-,16+,21+/m0/s1. The highest BCUT2D eigenvalue weighted by atomic mass is 33.1. The van der Waals surface area contributed by atoms with E-state index in [1.165, 1.54) is 24.3 Å². The fraction of sp³-hybridized carbons (Fsp3) is 0.458. The van der Waals surface area contributed by atoms with Crippen molar-refractivity contribution in [3.05, 3.63) is 22.3 Å². The maximum absolute atomic E-state index is 13.1. The number of thiazole rings is 1. The highest BCUT2D eigenvalue weighted by Gasteiger charge is 2.54. The molecular formula is C24H30N8O11S4. The summed E-state index contributed by atoms with van der Waals surface area (Å²) in [7, 11) is 3.44. The molecule has 47 heavy (non-hydrogen) atoms. The first-order valence-electron chi connectivity index (χ1n) is 13.3. The van der Waals surface area contributed by atoms with E-state index in [0.29, 0.717) is 5.57 Å². The van der Waals surface area contributed by atoms with E-state index in [1.54, 1.807) is 0 Å². The predicted octanol–water partition coefficient (Wildman–Crippen LogP) is -1.93. The zero-order chi connectivity index (χ0) is 34.8. The number of aromatic nitrogens is 1. The smallest absolute Gasteiger partial charge is 0.352 e. The fourth-order valence-electron chi connectivity index (χ4n) is 4.07. The van der Waals surface area contributed by atoms with Gasteiger partial charge in [-0.05, 0) is 12.0 Å². The van der Waals surface area contributed by atoms with Gasteiger partial charge < -0.3 is 47.6 Å². The molecule has 0 bridgehead atoms. The fourth-order valence-corrected chi connectivity index (χ4v) is 8.40. The number of thioether (sulfide) groups is 1. The van der Waals surface area contributed by atoms with Crippen LogP contribution in [0.4, 0.5) is 5.13 Å². The van der Waals surface area contributed by atoms with E-state index in [2.05, 4.69) is 26.1 Å². The van der Waals surface area contributed by atoms with Gasteiger partial charge in [-0.2, -0.15) is 0 Å². The van der Waals surface area contributed by atoms with Gasteiger partial charge in [0, 0.05) is 29.1 Å². The largest absolute Gasteiger partial charge is 0.480 e. The number of carbonyl (C=O) groups excluding carboxylic acids is 4. The Labute approximate surface area is 282 Å². The molecule has 0 radical (unpaired) electrons. The minimum absolute atomic E-state index is 0.0644. The molecule has 1 fully saturated rings. The number of nitrogens with zero attached hydrogens (tertiary/aromatic N) is 3. The molecule has 2 aliphatic rings. The number of β-lactam (4-membered cyclic amide) rings is 1. The van der Waals surface area contributed by atoms with Gasteiger partial charge in [-0.1, -0.05) is 26.7 Å². The molecule has 3 rings (SSSR count). The number of oxime groups is 1. The van der Waals surface area contributed by atoms with E-state index in [4.69, 9.17) is 26.5 Å². The maximum Gasteiger partial charge on any atom is 0.352 e. The lowest BCUT2D eigenvalue weighted by atomic mass is 10.0. The average molecular weight is 735 g/mol. The zero-order valence-corrected chi connectivity index (χ0v) is 27.6. The van der Waals surface area contributed by atoms with Gasteiger partial charge in [0.05, 0.1) is 0 Å². The molecule has 256 valence electrons. The zero-order valence-electron chi connectivity index (χ0n) is 24.4. The number of carbonyl (C=O) groups is 7. The lowest BCUT2D eigenvalue weighted by molar-refractivity contribution is -0.150. The number of carboxylic acid groups (broad SMARTS) is 3. The van der Waals surface area contributed by atoms with Gasteiger partial charge >= 0.3 is 17.9 Å². The van der Waals surface area contributed by atoms with E-state index < -0.39 is 71.6 Å². The number of nitrogen functional groups attached to an aromatic ring is 1. The molecule has 19 nitrogen and oxygen atoms in total. The van der Waals surface area contributed by atoms with Crippen molar-refractivity contribution in [3.63, 3.8) is 0 Å². The van der Waals surface area contributed by atoms with Gasteiger partial charge in [-0.25, -0.2) is 9.78 Å². The summed E-state index contributed by atoms with van der Waals surface area (Å²) in [6.45, 7) is -0.703. The Balaban J connectivity index is 1.62. The number of rotatable bonds is 18. The Morgan fingerprint density at radius 1 is 1.21 bits per heavy atom. The van der Waals surface area contributed by atoms with Crippen molar-refractivity contribution in [1.29, 1.82) is 0 Å². The van der Waals surface area contributed by atoms with Crippen molar-refractivity contribution in [2.45, 2.75) is 36.3 Å². The van der Waals surface area contributed by atoms with Crippen LogP contribution in [0.2, 0.25) is 0 Å². The number of hydrogen-bond donors (Lipinski definition) is 8. The summed E-state index contributed by atoms with van der Waals surface area (Å²) in [4.78, 5) is 94.7. The molecule has 2 aliphatic heterocycles. The van der Waals surface area contributed by atoms with Gasteiger partial charge in [0.1, 0.15) is 48.5 Å². The highest BCUT2D eigenvalue weighted by molar-refractivity contribution is 8.76. The van der Waals surface area contributed by atoms with E-state index in [1.807, 2.05) is 0 Å². The molecule has 0 spiro atoms. The number of amides is 4. The summed E-state index contributed by atoms with van der Waals surface area (Å²) < 4.78 is 0. The molecule has 1 aromatic rings. The monoisotopic (exact) mass is 734 g/mol. The summed E-state index contributed by atoms with van der Waals surface area (Å²) in [5, 5.41) is 39.5. The predicted molar refractivity (Wildman–Crippen MR) is 172 cm³/mol. The molecule has 23 heteroatoms. The minimum atomic E-state index is -1.36. The molecule has 1 saturated heterocycles. The first-order valence-corrected chi connectivity index (χ1v) is 17.7. The van der Waals surface area contributed by atoms with Crippen molar-refractivity contribution in [1.82, 2.24) is 25.8 Å². The van der Waals surface area contributed by atoms with Crippen LogP contribution < -0.4 is 27.4 Å². The summed E-state index contributed by atoms with van der Waals surface area (Å²) in [5.74, 6) is -6.63. The van der Waals surface area contributed by atoms with Crippen LogP contribution in [0, 0.1) is 0 Å². The molecule has 0 saturated carbocycles. The van der Waals surface area contributed by atoms with Crippen molar-refractivity contribution < 1.29 is 53.7 Å². The second-order valence-corrected chi connectivity index (χ2v) is 14.1. The van der Waals surface area contributed by atoms with Crippen LogP contribution in [0.1, 0.15) is 18.5 Å². The van der Waals surface area contributed by atoms with Crippen LogP contribution in [0.15, 0.2) is 21.8 Å². The summed E-state index contributed by atoms with van der Waals surface area (Å²) >= 11 is 2.30. The van der Waals surface area contributed by atoms with E-state index >= 15 is 0 Å². The van der Waals surface area contributed by atoms with Crippen molar-refractivity contribution in [2.24, 2.45) is 10.9 Å². The minimum Gasteiger partial charge on any atom is -0.480 e. The maximum atomic E-state index is 13.1. The van der Waals surface area contributed by atoms with Crippen molar-refractivity contribution in [2.75, 3.05) is 36.6 Å². The van der Waals surface area contributed by atoms with Crippen LogP contribution in [-0.4, -0.2) is 127 Å². The Morgan fingerprint density at radius 2 is 1.94 bits per heavy atom. The van der Waals surface area contributed by atoms with E-state index in [0.717, 1.165) is 37.8 Å². The number of fused-ring (bicyclic) bond motifs is 1. The van der Waals surface area contributed by atoms with Crippen LogP contribution in [0.25, 0.3) is 0 Å². The first kappa shape index (κ1) is 37.4. The van der Waals surface area contributed by atoms with E-state index in [-0.39, 0.29) is 52.3 Å². The third kappa shape index (κ3) is 9.96. The SMILES string of the molecule is CO/N=C(\C(=O)N[C@@H]1C(=O)N2C(C(=O)O)=C(CSSC[C@H](NC(=O)CC[C@H](N)C(=O)O)C(=O)NCC(=O)O)CS[C@H]12)c1csc(N)n1. The number of aliphatic carboxylic acids is 3. The molecule has 3 heterocycles. The summed E-state index contributed by atoms with van der Waals surface area (Å²) in [5.41, 5.74) is 11.1. The molecule has 1 aromatic heterocycles. The lowest BCUT2D eigenvalue weighted by Gasteiger charge is -2.49. The molecule has 0 aliphatic carbocycles. The molecule has 0 unspecified atom stereocenters. The van der Waals surface area contributed by atoms with Gasteiger partial charge in [0.15, 0.2) is 10.8 Å². The third-order valence-electron chi connectivity index (χ3n) is 6.31. The highest BCUT2D eigenvalue weighted by Crippen LogP contribution is 2.42. The number of anilines is 1. The van der Waals surface area contributed by atoms with Crippen molar-refractivity contribution in [3.8, 4) is 0 Å². The molecule has 0 aromatic carbocycles. The van der Waals surface area contributed by atoms with Gasteiger partial charge in [-0.15, -0.1) is 23.1 Å². The lowest BCUT2D eigenvalue weighted by Crippen LogP contribution is -2.71. The second-order valence-electron chi connectivity index (χ2n) is 9.57. The summed E-state index contributed by atoms with van der Waals surface area (Å²) in [6, 6.07) is -3.54. The van der Waals surface area contributed by atoms with Gasteiger partial charge in [0.2, 0.25) is 11.8 Å².